The number of aliphatic hydroxyl groups is 10. The normalized spacial score (nSPS) is 55.2. The van der Waals surface area contributed by atoms with Crippen molar-refractivity contribution in [2.45, 2.75) is 223 Å². The summed E-state index contributed by atoms with van der Waals surface area (Å²) in [5.41, 5.74) is -0.889. The fourth-order valence-electron chi connectivity index (χ4n) is 15.8. The number of allylic oxidation sites excluding steroid dienone is 2. The van der Waals surface area contributed by atoms with Crippen LogP contribution in [0, 0.1) is 50.2 Å². The second kappa shape index (κ2) is 19.5. The lowest BCUT2D eigenvalue weighted by molar-refractivity contribution is -0.388. The van der Waals surface area contributed by atoms with Crippen molar-refractivity contribution in [3.8, 4) is 0 Å². The highest BCUT2D eigenvalue weighted by Gasteiger charge is 2.70. The van der Waals surface area contributed by atoms with Crippen LogP contribution in [0.25, 0.3) is 0 Å². The molecule has 5 aliphatic carbocycles. The Hall–Kier alpha value is -1.51. The lowest BCUT2D eigenvalue weighted by atomic mass is 9.33. The van der Waals surface area contributed by atoms with Gasteiger partial charge in [0.1, 0.15) is 73.2 Å². The van der Waals surface area contributed by atoms with E-state index in [1.165, 1.54) is 12.5 Å². The first-order valence-corrected chi connectivity index (χ1v) is 26.1. The lowest BCUT2D eigenvalue weighted by Crippen LogP contribution is -2.67. The second-order valence-electron chi connectivity index (χ2n) is 24.8. The van der Waals surface area contributed by atoms with Crippen molar-refractivity contribution in [2.75, 3.05) is 26.4 Å². The van der Waals surface area contributed by atoms with E-state index in [0.717, 1.165) is 44.9 Å². The Morgan fingerprint density at radius 1 is 0.620 bits per heavy atom. The molecule has 4 aliphatic heterocycles. The van der Waals surface area contributed by atoms with Crippen LogP contribution in [0.5, 0.6) is 0 Å². The summed E-state index contributed by atoms with van der Waals surface area (Å²) < 4.78 is 48.6. The first kappa shape index (κ1) is 54.3. The molecule has 406 valence electrons. The number of hydrogen-bond donors (Lipinski definition) is 11. The van der Waals surface area contributed by atoms with E-state index in [2.05, 4.69) is 40.7 Å². The maximum Gasteiger partial charge on any atom is 0.310 e. The van der Waals surface area contributed by atoms with E-state index in [1.807, 2.05) is 6.92 Å². The molecule has 0 unspecified atom stereocenters. The largest absolute Gasteiger partial charge is 0.481 e. The molecule has 0 bridgehead atoms. The summed E-state index contributed by atoms with van der Waals surface area (Å²) in [6.07, 6.45) is -17.1. The molecule has 0 spiro atoms. The molecule has 0 radical (unpaired) electrons. The predicted octanol–water partition coefficient (Wildman–Crippen LogP) is 0.448. The fourth-order valence-corrected chi connectivity index (χ4v) is 15.8. The van der Waals surface area contributed by atoms with E-state index < -0.39 is 141 Å². The minimum atomic E-state index is -1.82. The molecule has 11 N–H and O–H groups in total. The van der Waals surface area contributed by atoms with Crippen molar-refractivity contribution < 1.29 is 98.9 Å². The Morgan fingerprint density at radius 2 is 1.21 bits per heavy atom. The van der Waals surface area contributed by atoms with Gasteiger partial charge in [-0.15, -0.1) is 0 Å². The average Bonchev–Trinajstić information content (AvgIpc) is 3.32. The summed E-state index contributed by atoms with van der Waals surface area (Å²) in [4.78, 5) is 13.2. The molecule has 9 aliphatic rings. The SMILES string of the molecule is C[C@@H]1O[C@@H](O[C@H]2[C@H](O[C@H]3CC[C@@]4(C)[C@@H](CC[C@]5(C)[C@@H]4CC=C4[C@@H]6CC(C)(C)CC[C@]6(C(=O)O)CC[C@]45C)[C@]3(C)CO)OC[C@H](O)[C@@H]2O[C@@H]2OC[C@H](O)[C@H](O[C@@H]3OC[C@H](O)[C@H](O)[C@H]3O)[C@H]2O)[C@H](O)[C@H](O)[C@H]1O. The van der Waals surface area contributed by atoms with Crippen molar-refractivity contribution in [3.05, 3.63) is 11.6 Å². The van der Waals surface area contributed by atoms with Crippen LogP contribution in [0.15, 0.2) is 11.6 Å². The quantitative estimate of drug-likeness (QED) is 0.105. The lowest BCUT2D eigenvalue weighted by Gasteiger charge is -2.71. The van der Waals surface area contributed by atoms with Crippen LogP contribution in [0.1, 0.15) is 113 Å². The van der Waals surface area contributed by atoms with E-state index in [4.69, 9.17) is 37.9 Å². The smallest absolute Gasteiger partial charge is 0.310 e. The summed E-state index contributed by atoms with van der Waals surface area (Å²) in [5, 5.41) is 120. The van der Waals surface area contributed by atoms with E-state index in [0.29, 0.717) is 19.3 Å². The molecule has 20 heteroatoms. The molecule has 0 aromatic carbocycles. The van der Waals surface area contributed by atoms with Crippen LogP contribution in [0.2, 0.25) is 0 Å². The van der Waals surface area contributed by atoms with Gasteiger partial charge in [0.2, 0.25) is 0 Å². The molecule has 26 atom stereocenters. The highest BCUT2D eigenvalue weighted by Crippen LogP contribution is 2.76. The number of hydrogen-bond acceptors (Lipinski definition) is 19. The molecule has 4 heterocycles. The molecule has 0 aromatic rings. The Kier molecular flexibility index (Phi) is 14.9. The summed E-state index contributed by atoms with van der Waals surface area (Å²) in [7, 11) is 0. The number of carboxylic acid groups (broad SMARTS) is 1. The monoisotopic (exact) mass is 1010 g/mol. The molecule has 20 nitrogen and oxygen atoms in total. The van der Waals surface area contributed by atoms with Gasteiger partial charge in [0, 0.05) is 5.41 Å². The average molecular weight is 1020 g/mol. The van der Waals surface area contributed by atoms with Crippen molar-refractivity contribution in [3.63, 3.8) is 0 Å². The maximum atomic E-state index is 13.2. The number of aliphatic hydroxyl groups excluding tert-OH is 10. The van der Waals surface area contributed by atoms with E-state index >= 15 is 0 Å². The summed E-state index contributed by atoms with van der Waals surface area (Å²) in [6, 6.07) is 0. The molecule has 4 saturated heterocycles. The number of rotatable bonds is 10. The summed E-state index contributed by atoms with van der Waals surface area (Å²) in [5.74, 6) is -0.537. The molecular weight excluding hydrogens is 933 g/mol. The van der Waals surface area contributed by atoms with Crippen LogP contribution in [0.3, 0.4) is 0 Å². The van der Waals surface area contributed by atoms with Gasteiger partial charge in [-0.05, 0) is 111 Å². The van der Waals surface area contributed by atoms with Crippen molar-refractivity contribution in [2.24, 2.45) is 50.2 Å². The third-order valence-corrected chi connectivity index (χ3v) is 20.4. The van der Waals surface area contributed by atoms with Gasteiger partial charge < -0.3 is 94.1 Å². The summed E-state index contributed by atoms with van der Waals surface area (Å²) >= 11 is 0. The Balaban J connectivity index is 0.980. The van der Waals surface area contributed by atoms with Crippen LogP contribution < -0.4 is 0 Å². The third kappa shape index (κ3) is 8.80. The van der Waals surface area contributed by atoms with E-state index in [-0.39, 0.29) is 52.6 Å². The molecule has 8 fully saturated rings. The van der Waals surface area contributed by atoms with Gasteiger partial charge in [-0.25, -0.2) is 0 Å². The Labute approximate surface area is 415 Å². The highest BCUT2D eigenvalue weighted by molar-refractivity contribution is 5.76. The van der Waals surface area contributed by atoms with Crippen molar-refractivity contribution in [1.29, 1.82) is 0 Å². The van der Waals surface area contributed by atoms with Crippen molar-refractivity contribution in [1.82, 2.24) is 0 Å². The highest BCUT2D eigenvalue weighted by atomic mass is 16.8. The van der Waals surface area contributed by atoms with Gasteiger partial charge in [0.25, 0.3) is 0 Å². The second-order valence-corrected chi connectivity index (χ2v) is 24.8. The number of ether oxygens (including phenoxy) is 8. The zero-order valence-corrected chi connectivity index (χ0v) is 42.2. The standard InChI is InChI=1S/C51H82O20/c1-23-32(56)34(58)36(60)43(67-23)71-40-39(70-42-37(61)38(27(54)20-65-42)69-41-35(59)33(57)26(53)19-64-41)28(55)21-66-44(40)68-31-11-12-47(4)29(48(31,5)22-52)10-13-50(7)30(47)9-8-24-25-18-46(2,3)14-16-51(25,45(62)63)17-15-49(24,50)6/h8,23,25-44,52-61H,9-22H2,1-7H3,(H,62,63)/t23-,25-,26-,27-,28-,29+,30+,31-,32-,33-,34+,35+,36+,37+,38-,39-,40+,41-,42-,43-,44-,47-,48-,49+,50+,51-/m0/s1. The maximum absolute atomic E-state index is 13.2. The molecule has 4 saturated carbocycles. The van der Waals surface area contributed by atoms with Crippen LogP contribution in [-0.2, 0) is 42.7 Å². The topological polar surface area (TPSA) is 313 Å². The molecule has 0 amide bonds. The fraction of sp³-hybridized carbons (Fsp3) is 0.941. The van der Waals surface area contributed by atoms with E-state index in [1.54, 1.807) is 0 Å². The first-order chi connectivity index (χ1) is 33.3. The van der Waals surface area contributed by atoms with Crippen LogP contribution in [-0.4, -0.2) is 199 Å². The van der Waals surface area contributed by atoms with Crippen LogP contribution in [0.4, 0.5) is 0 Å². The number of carbonyl (C=O) groups is 1. The Bertz CT molecular complexity index is 1960. The summed E-state index contributed by atoms with van der Waals surface area (Å²) in [6.45, 7) is 13.7. The van der Waals surface area contributed by atoms with Gasteiger partial charge in [-0.2, -0.15) is 0 Å². The molecule has 9 rings (SSSR count). The molecule has 71 heavy (non-hydrogen) atoms. The van der Waals surface area contributed by atoms with Crippen LogP contribution >= 0.6 is 0 Å². The molecular formula is C51H82O20. The number of aliphatic carboxylic acids is 1. The molecule has 0 aromatic heterocycles. The minimum Gasteiger partial charge on any atom is -0.481 e. The number of carboxylic acids is 1. The van der Waals surface area contributed by atoms with E-state index in [9.17, 15) is 61.0 Å². The van der Waals surface area contributed by atoms with Gasteiger partial charge >= 0.3 is 5.97 Å². The zero-order valence-electron chi connectivity index (χ0n) is 42.2. The number of fused-ring (bicyclic) bond motifs is 7. The third-order valence-electron chi connectivity index (χ3n) is 20.4. The van der Waals surface area contributed by atoms with Gasteiger partial charge in [0.05, 0.1) is 44.1 Å². The Morgan fingerprint density at radius 3 is 1.89 bits per heavy atom. The zero-order chi connectivity index (χ0) is 51.5. The first-order valence-electron chi connectivity index (χ1n) is 26.1. The predicted molar refractivity (Wildman–Crippen MR) is 245 cm³/mol. The van der Waals surface area contributed by atoms with Crippen molar-refractivity contribution >= 4 is 5.97 Å². The minimum absolute atomic E-state index is 0.0309. The van der Waals surface area contributed by atoms with Gasteiger partial charge in [-0.1, -0.05) is 53.2 Å². The van der Waals surface area contributed by atoms with Gasteiger partial charge in [0.15, 0.2) is 25.2 Å². The van der Waals surface area contributed by atoms with Gasteiger partial charge in [-0.3, -0.25) is 4.79 Å².